The third-order valence-electron chi connectivity index (χ3n) is 5.44. The topological polar surface area (TPSA) is 194 Å². The van der Waals surface area contributed by atoms with E-state index in [4.69, 9.17) is 9.47 Å². The first-order valence-electron chi connectivity index (χ1n) is 11.6. The van der Waals surface area contributed by atoms with Crippen LogP contribution in [0.25, 0.3) is 0 Å². The molecule has 4 atom stereocenters. The molecule has 0 saturated heterocycles. The molecule has 2 aromatic carbocycles. The number of aliphatic carboxylic acids is 1. The number of esters is 1. The van der Waals surface area contributed by atoms with Crippen LogP contribution in [0.4, 0.5) is 10.5 Å². The van der Waals surface area contributed by atoms with Gasteiger partial charge in [-0.2, -0.15) is 0 Å². The Morgan fingerprint density at radius 2 is 1.61 bits per heavy atom. The molecule has 4 N–H and O–H groups in total. The second kappa shape index (κ2) is 14.3. The van der Waals surface area contributed by atoms with Gasteiger partial charge in [0.15, 0.2) is 0 Å². The molecule has 2 rings (SSSR count). The van der Waals surface area contributed by atoms with E-state index >= 15 is 0 Å². The number of aliphatic hydroxyl groups excluding tert-OH is 1. The van der Waals surface area contributed by atoms with Gasteiger partial charge in [-0.05, 0) is 25.0 Å². The summed E-state index contributed by atoms with van der Waals surface area (Å²) in [5.41, 5.74) is 0.628. The lowest BCUT2D eigenvalue weighted by molar-refractivity contribution is -0.384. The van der Waals surface area contributed by atoms with Crippen molar-refractivity contribution in [3.63, 3.8) is 0 Å². The van der Waals surface area contributed by atoms with Gasteiger partial charge in [-0.1, -0.05) is 42.5 Å². The molecule has 0 unspecified atom stereocenters. The minimum absolute atomic E-state index is 0.0228. The smallest absolute Gasteiger partial charge is 0.408 e. The van der Waals surface area contributed by atoms with E-state index in [1.54, 1.807) is 37.3 Å². The van der Waals surface area contributed by atoms with Gasteiger partial charge in [0.2, 0.25) is 5.91 Å². The number of aliphatic hydroxyl groups is 1. The van der Waals surface area contributed by atoms with E-state index < -0.39 is 59.4 Å². The van der Waals surface area contributed by atoms with Crippen molar-refractivity contribution in [3.8, 4) is 0 Å². The molecule has 13 nitrogen and oxygen atoms in total. The standard InChI is InChI=1S/C25H29N3O10/c1-3-37-20(30)13-19(17-9-11-18(12-10-17)28(35)36)22(24(32)33)26-23(31)21(15(2)29)27-25(34)38-14-16-7-5-4-6-8-16/h4-12,15,19,21-22,29H,3,13-14H2,1-2H3,(H,26,31)(H,27,34)(H,32,33)/t15-,19-,21+,22+/m1/s1. The van der Waals surface area contributed by atoms with E-state index in [1.165, 1.54) is 19.1 Å². The average Bonchev–Trinajstić information content (AvgIpc) is 2.88. The van der Waals surface area contributed by atoms with Gasteiger partial charge in [-0.3, -0.25) is 19.7 Å². The molecule has 0 aromatic heterocycles. The van der Waals surface area contributed by atoms with Crippen LogP contribution in [-0.4, -0.2) is 63.9 Å². The number of ether oxygens (including phenoxy) is 2. The van der Waals surface area contributed by atoms with Crippen molar-refractivity contribution in [3.05, 3.63) is 75.8 Å². The van der Waals surface area contributed by atoms with E-state index in [0.717, 1.165) is 12.1 Å². The van der Waals surface area contributed by atoms with Gasteiger partial charge in [-0.15, -0.1) is 0 Å². The largest absolute Gasteiger partial charge is 0.480 e. The highest BCUT2D eigenvalue weighted by atomic mass is 16.6. The Labute approximate surface area is 217 Å². The van der Waals surface area contributed by atoms with Crippen molar-refractivity contribution in [2.45, 2.75) is 51.0 Å². The second-order valence-corrected chi connectivity index (χ2v) is 8.21. The first-order valence-corrected chi connectivity index (χ1v) is 11.6. The van der Waals surface area contributed by atoms with Crippen molar-refractivity contribution in [1.29, 1.82) is 0 Å². The number of carbonyl (C=O) groups excluding carboxylic acids is 3. The molecule has 0 heterocycles. The Hall–Kier alpha value is -4.52. The maximum Gasteiger partial charge on any atom is 0.408 e. The molecular formula is C25H29N3O10. The summed E-state index contributed by atoms with van der Waals surface area (Å²) in [7, 11) is 0. The molecule has 0 fully saturated rings. The molecule has 0 aliphatic heterocycles. The lowest BCUT2D eigenvalue weighted by Crippen LogP contribution is -2.57. The number of amides is 2. The lowest BCUT2D eigenvalue weighted by Gasteiger charge is -2.27. The zero-order chi connectivity index (χ0) is 28.2. The molecule has 0 aliphatic carbocycles. The van der Waals surface area contributed by atoms with Crippen molar-refractivity contribution in [1.82, 2.24) is 10.6 Å². The number of nitro groups is 1. The normalized spacial score (nSPS) is 13.8. The number of carboxylic acid groups (broad SMARTS) is 1. The van der Waals surface area contributed by atoms with Crippen molar-refractivity contribution < 1.29 is 43.8 Å². The average molecular weight is 532 g/mol. The number of hydrogen-bond acceptors (Lipinski definition) is 9. The van der Waals surface area contributed by atoms with Gasteiger partial charge in [0.05, 0.1) is 24.1 Å². The summed E-state index contributed by atoms with van der Waals surface area (Å²) in [5.74, 6) is -4.54. The number of nitro benzene ring substituents is 1. The number of benzene rings is 2. The molecule has 2 aromatic rings. The molecule has 2 amide bonds. The minimum atomic E-state index is -1.73. The summed E-state index contributed by atoms with van der Waals surface area (Å²) in [6, 6.07) is 10.2. The number of hydrogen-bond donors (Lipinski definition) is 4. The molecule has 0 radical (unpaired) electrons. The van der Waals surface area contributed by atoms with Gasteiger partial charge in [-0.25, -0.2) is 9.59 Å². The van der Waals surface area contributed by atoms with Gasteiger partial charge in [0.25, 0.3) is 5.69 Å². The van der Waals surface area contributed by atoms with Crippen molar-refractivity contribution in [2.24, 2.45) is 0 Å². The summed E-state index contributed by atoms with van der Waals surface area (Å²) < 4.78 is 9.99. The molecule has 0 aliphatic rings. The monoisotopic (exact) mass is 531 g/mol. The van der Waals surface area contributed by atoms with Gasteiger partial charge >= 0.3 is 18.0 Å². The quantitative estimate of drug-likeness (QED) is 0.168. The highest BCUT2D eigenvalue weighted by molar-refractivity contribution is 5.90. The van der Waals surface area contributed by atoms with Crippen LogP contribution in [0.2, 0.25) is 0 Å². The van der Waals surface area contributed by atoms with Crippen LogP contribution in [0.15, 0.2) is 54.6 Å². The summed E-state index contributed by atoms with van der Waals surface area (Å²) in [6.45, 7) is 2.68. The van der Waals surface area contributed by atoms with Gasteiger partial charge in [0, 0.05) is 18.1 Å². The molecular weight excluding hydrogens is 502 g/mol. The van der Waals surface area contributed by atoms with E-state index in [2.05, 4.69) is 10.6 Å². The fourth-order valence-electron chi connectivity index (χ4n) is 3.55. The highest BCUT2D eigenvalue weighted by Crippen LogP contribution is 2.27. The third kappa shape index (κ3) is 8.85. The zero-order valence-electron chi connectivity index (χ0n) is 20.7. The SMILES string of the molecule is CCOC(=O)C[C@H](c1ccc([N+](=O)[O-])cc1)[C@H](NC(=O)[C@@H](NC(=O)OCc1ccccc1)[C@@H](C)O)C(=O)O. The molecule has 0 saturated carbocycles. The van der Waals surface area contributed by atoms with E-state index in [0.29, 0.717) is 5.56 Å². The summed E-state index contributed by atoms with van der Waals surface area (Å²) in [5, 5.41) is 35.5. The Bertz CT molecular complexity index is 1120. The number of rotatable bonds is 13. The van der Waals surface area contributed by atoms with E-state index in [9.17, 15) is 39.5 Å². The van der Waals surface area contributed by atoms with Crippen LogP contribution in [0.1, 0.15) is 37.3 Å². The number of nitrogens with zero attached hydrogens (tertiary/aromatic N) is 1. The van der Waals surface area contributed by atoms with Crippen LogP contribution in [0.5, 0.6) is 0 Å². The Morgan fingerprint density at radius 3 is 2.13 bits per heavy atom. The predicted octanol–water partition coefficient (Wildman–Crippen LogP) is 1.88. The van der Waals surface area contributed by atoms with Crippen LogP contribution in [0.3, 0.4) is 0 Å². The van der Waals surface area contributed by atoms with Crippen LogP contribution < -0.4 is 10.6 Å². The molecule has 0 bridgehead atoms. The van der Waals surface area contributed by atoms with Gasteiger partial charge in [0.1, 0.15) is 18.7 Å². The fraction of sp³-hybridized carbons (Fsp3) is 0.360. The van der Waals surface area contributed by atoms with E-state index in [-0.39, 0.29) is 24.5 Å². The number of nitrogens with one attached hydrogen (secondary N) is 2. The number of carbonyl (C=O) groups is 4. The highest BCUT2D eigenvalue weighted by Gasteiger charge is 2.36. The predicted molar refractivity (Wildman–Crippen MR) is 132 cm³/mol. The number of carboxylic acids is 1. The van der Waals surface area contributed by atoms with Crippen LogP contribution in [0, 0.1) is 10.1 Å². The first-order chi connectivity index (χ1) is 18.0. The first kappa shape index (κ1) is 29.7. The maximum absolute atomic E-state index is 13.0. The zero-order valence-corrected chi connectivity index (χ0v) is 20.7. The summed E-state index contributed by atoms with van der Waals surface area (Å²) in [6.07, 6.45) is -2.95. The van der Waals surface area contributed by atoms with Crippen LogP contribution >= 0.6 is 0 Å². The second-order valence-electron chi connectivity index (χ2n) is 8.21. The number of non-ortho nitro benzene ring substituents is 1. The summed E-state index contributed by atoms with van der Waals surface area (Å²) in [4.78, 5) is 60.0. The molecule has 13 heteroatoms. The van der Waals surface area contributed by atoms with Crippen LogP contribution in [-0.2, 0) is 30.5 Å². The Morgan fingerprint density at radius 1 is 0.974 bits per heavy atom. The van der Waals surface area contributed by atoms with E-state index in [1.807, 2.05) is 0 Å². The van der Waals surface area contributed by atoms with Gasteiger partial charge < -0.3 is 30.3 Å². The third-order valence-corrected chi connectivity index (χ3v) is 5.44. The molecule has 38 heavy (non-hydrogen) atoms. The minimum Gasteiger partial charge on any atom is -0.480 e. The van der Waals surface area contributed by atoms with Crippen molar-refractivity contribution >= 4 is 29.6 Å². The molecule has 204 valence electrons. The lowest BCUT2D eigenvalue weighted by atomic mass is 9.88. The number of alkyl carbamates (subject to hydrolysis) is 1. The van der Waals surface area contributed by atoms with Crippen molar-refractivity contribution in [2.75, 3.05) is 6.61 Å². The molecule has 0 spiro atoms. The Kier molecular flexibility index (Phi) is 11.2. The maximum atomic E-state index is 13.0. The fourth-order valence-corrected chi connectivity index (χ4v) is 3.55. The Balaban J connectivity index is 2.23. The summed E-state index contributed by atoms with van der Waals surface area (Å²) >= 11 is 0.